The topological polar surface area (TPSA) is 29.9 Å². The second-order valence-corrected chi connectivity index (χ2v) is 4.69. The van der Waals surface area contributed by atoms with Crippen molar-refractivity contribution in [3.63, 3.8) is 0 Å². The standard InChI is InChI=1S/C13H25N3/c1-5-11(3)9-14-10-13-7-8-16(15-13)12(4)6-2/h7-8,11-12,14H,5-6,9-10H2,1-4H3. The maximum Gasteiger partial charge on any atom is 0.0762 e. The molecule has 92 valence electrons. The van der Waals surface area contributed by atoms with Crippen LogP contribution in [0.2, 0.25) is 0 Å². The smallest absolute Gasteiger partial charge is 0.0762 e. The summed E-state index contributed by atoms with van der Waals surface area (Å²) in [6.07, 6.45) is 4.43. The highest BCUT2D eigenvalue weighted by molar-refractivity contribution is 4.99. The van der Waals surface area contributed by atoms with Gasteiger partial charge in [0.1, 0.15) is 0 Å². The third-order valence-electron chi connectivity index (χ3n) is 3.20. The Balaban J connectivity index is 2.35. The highest BCUT2D eigenvalue weighted by Gasteiger charge is 2.04. The normalized spacial score (nSPS) is 15.0. The molecule has 2 atom stereocenters. The lowest BCUT2D eigenvalue weighted by Gasteiger charge is -2.09. The van der Waals surface area contributed by atoms with Crippen molar-refractivity contribution < 1.29 is 0 Å². The molecule has 1 N–H and O–H groups in total. The molecule has 3 nitrogen and oxygen atoms in total. The minimum atomic E-state index is 0.503. The molecule has 0 spiro atoms. The molecule has 0 saturated carbocycles. The van der Waals surface area contributed by atoms with Crippen LogP contribution in [0.25, 0.3) is 0 Å². The molecule has 1 aromatic heterocycles. The van der Waals surface area contributed by atoms with Crippen LogP contribution in [0.5, 0.6) is 0 Å². The lowest BCUT2D eigenvalue weighted by Crippen LogP contribution is -2.20. The van der Waals surface area contributed by atoms with Crippen molar-refractivity contribution in [3.05, 3.63) is 18.0 Å². The third kappa shape index (κ3) is 3.97. The second kappa shape index (κ2) is 6.69. The van der Waals surface area contributed by atoms with E-state index in [1.165, 1.54) is 6.42 Å². The summed E-state index contributed by atoms with van der Waals surface area (Å²) in [4.78, 5) is 0. The van der Waals surface area contributed by atoms with Crippen molar-refractivity contribution in [1.82, 2.24) is 15.1 Å². The van der Waals surface area contributed by atoms with Gasteiger partial charge < -0.3 is 5.32 Å². The van der Waals surface area contributed by atoms with Crippen molar-refractivity contribution >= 4 is 0 Å². The van der Waals surface area contributed by atoms with Crippen molar-refractivity contribution in [2.75, 3.05) is 6.54 Å². The zero-order valence-electron chi connectivity index (χ0n) is 11.0. The number of nitrogens with one attached hydrogen (secondary N) is 1. The number of nitrogens with zero attached hydrogens (tertiary/aromatic N) is 2. The molecule has 3 heteroatoms. The zero-order chi connectivity index (χ0) is 12.0. The fourth-order valence-electron chi connectivity index (χ4n) is 1.50. The van der Waals surface area contributed by atoms with Crippen LogP contribution >= 0.6 is 0 Å². The van der Waals surface area contributed by atoms with Crippen molar-refractivity contribution in [1.29, 1.82) is 0 Å². The average Bonchev–Trinajstić information content (AvgIpc) is 2.76. The molecule has 2 unspecified atom stereocenters. The van der Waals surface area contributed by atoms with Crippen LogP contribution in [0.3, 0.4) is 0 Å². The van der Waals surface area contributed by atoms with Gasteiger partial charge in [0, 0.05) is 18.8 Å². The largest absolute Gasteiger partial charge is 0.311 e. The molecule has 1 rings (SSSR count). The third-order valence-corrected chi connectivity index (χ3v) is 3.20. The van der Waals surface area contributed by atoms with Crippen LogP contribution in [-0.2, 0) is 6.54 Å². The predicted molar refractivity (Wildman–Crippen MR) is 68.4 cm³/mol. The lowest BCUT2D eigenvalue weighted by molar-refractivity contribution is 0.464. The first kappa shape index (κ1) is 13.2. The Kier molecular flexibility index (Phi) is 5.53. The Morgan fingerprint density at radius 3 is 2.69 bits per heavy atom. The van der Waals surface area contributed by atoms with E-state index in [4.69, 9.17) is 0 Å². The van der Waals surface area contributed by atoms with Crippen LogP contribution < -0.4 is 5.32 Å². The zero-order valence-corrected chi connectivity index (χ0v) is 11.0. The second-order valence-electron chi connectivity index (χ2n) is 4.69. The number of rotatable bonds is 7. The average molecular weight is 223 g/mol. The molecular formula is C13H25N3. The van der Waals surface area contributed by atoms with Gasteiger partial charge in [0.2, 0.25) is 0 Å². The fraction of sp³-hybridized carbons (Fsp3) is 0.769. The summed E-state index contributed by atoms with van der Waals surface area (Å²) >= 11 is 0. The van der Waals surface area contributed by atoms with E-state index in [-0.39, 0.29) is 0 Å². The van der Waals surface area contributed by atoms with Gasteiger partial charge >= 0.3 is 0 Å². The first-order valence-corrected chi connectivity index (χ1v) is 6.42. The molecule has 0 radical (unpaired) electrons. The van der Waals surface area contributed by atoms with Crippen molar-refractivity contribution in [3.8, 4) is 0 Å². The van der Waals surface area contributed by atoms with E-state index in [0.717, 1.165) is 31.1 Å². The van der Waals surface area contributed by atoms with E-state index in [0.29, 0.717) is 6.04 Å². The molecule has 1 heterocycles. The van der Waals surface area contributed by atoms with Crippen molar-refractivity contribution in [2.45, 2.75) is 53.1 Å². The fourth-order valence-corrected chi connectivity index (χ4v) is 1.50. The molecule has 0 aromatic carbocycles. The summed E-state index contributed by atoms with van der Waals surface area (Å²) in [6.45, 7) is 10.8. The van der Waals surface area contributed by atoms with E-state index in [9.17, 15) is 0 Å². The minimum absolute atomic E-state index is 0.503. The molecule has 0 amide bonds. The molecule has 0 bridgehead atoms. The number of aromatic nitrogens is 2. The first-order chi connectivity index (χ1) is 7.67. The maximum atomic E-state index is 4.56. The molecule has 0 aliphatic heterocycles. The molecule has 0 aliphatic carbocycles. The molecular weight excluding hydrogens is 198 g/mol. The highest BCUT2D eigenvalue weighted by Crippen LogP contribution is 2.09. The molecule has 16 heavy (non-hydrogen) atoms. The van der Waals surface area contributed by atoms with Gasteiger partial charge in [-0.15, -0.1) is 0 Å². The Morgan fingerprint density at radius 2 is 2.06 bits per heavy atom. The van der Waals surface area contributed by atoms with Crippen molar-refractivity contribution in [2.24, 2.45) is 5.92 Å². The Labute approximate surface area is 99.2 Å². The van der Waals surface area contributed by atoms with Crippen LogP contribution in [-0.4, -0.2) is 16.3 Å². The lowest BCUT2D eigenvalue weighted by atomic mass is 10.1. The van der Waals surface area contributed by atoms with Crippen LogP contribution in [0.1, 0.15) is 52.3 Å². The number of hydrogen-bond acceptors (Lipinski definition) is 2. The van der Waals surface area contributed by atoms with Crippen LogP contribution in [0.4, 0.5) is 0 Å². The van der Waals surface area contributed by atoms with Crippen LogP contribution in [0.15, 0.2) is 12.3 Å². The highest BCUT2D eigenvalue weighted by atomic mass is 15.3. The first-order valence-electron chi connectivity index (χ1n) is 6.42. The Hall–Kier alpha value is -0.830. The Bertz CT molecular complexity index is 293. The summed E-state index contributed by atoms with van der Waals surface area (Å²) in [6, 6.07) is 2.61. The summed E-state index contributed by atoms with van der Waals surface area (Å²) < 4.78 is 2.06. The predicted octanol–water partition coefficient (Wildman–Crippen LogP) is 2.99. The quantitative estimate of drug-likeness (QED) is 0.770. The molecule has 1 aromatic rings. The molecule has 0 saturated heterocycles. The SMILES string of the molecule is CCC(C)CNCc1ccn(C(C)CC)n1. The maximum absolute atomic E-state index is 4.56. The minimum Gasteiger partial charge on any atom is -0.311 e. The van der Waals surface area contributed by atoms with Gasteiger partial charge in [-0.2, -0.15) is 5.10 Å². The van der Waals surface area contributed by atoms with Gasteiger partial charge in [0.15, 0.2) is 0 Å². The van der Waals surface area contributed by atoms with E-state index in [1.54, 1.807) is 0 Å². The van der Waals surface area contributed by atoms with Gasteiger partial charge in [-0.05, 0) is 31.9 Å². The summed E-state index contributed by atoms with van der Waals surface area (Å²) in [5, 5.41) is 8.00. The van der Waals surface area contributed by atoms with Crippen LogP contribution in [0, 0.1) is 5.92 Å². The number of hydrogen-bond donors (Lipinski definition) is 1. The van der Waals surface area contributed by atoms with E-state index >= 15 is 0 Å². The molecule has 0 fully saturated rings. The molecule has 0 aliphatic rings. The van der Waals surface area contributed by atoms with E-state index < -0.39 is 0 Å². The Morgan fingerprint density at radius 1 is 1.31 bits per heavy atom. The monoisotopic (exact) mass is 223 g/mol. The summed E-state index contributed by atoms with van der Waals surface area (Å²) in [5.74, 6) is 0.747. The van der Waals surface area contributed by atoms with Gasteiger partial charge in [0.25, 0.3) is 0 Å². The van der Waals surface area contributed by atoms with E-state index in [2.05, 4.69) is 55.1 Å². The summed E-state index contributed by atoms with van der Waals surface area (Å²) in [5.41, 5.74) is 1.14. The van der Waals surface area contributed by atoms with Gasteiger partial charge in [-0.1, -0.05) is 27.2 Å². The van der Waals surface area contributed by atoms with E-state index in [1.807, 2.05) is 0 Å². The van der Waals surface area contributed by atoms with Gasteiger partial charge in [-0.25, -0.2) is 0 Å². The van der Waals surface area contributed by atoms with Gasteiger partial charge in [-0.3, -0.25) is 4.68 Å². The summed E-state index contributed by atoms with van der Waals surface area (Å²) in [7, 11) is 0. The van der Waals surface area contributed by atoms with Gasteiger partial charge in [0.05, 0.1) is 5.69 Å².